The first-order chi connectivity index (χ1) is 7.88. The van der Waals surface area contributed by atoms with E-state index in [2.05, 4.69) is 5.32 Å². The summed E-state index contributed by atoms with van der Waals surface area (Å²) >= 11 is 1.31. The molecule has 0 saturated carbocycles. The molecule has 0 aliphatic heterocycles. The average molecular weight is 257 g/mol. The molecule has 1 rings (SSSR count). The van der Waals surface area contributed by atoms with Crippen LogP contribution in [0, 0.1) is 0 Å². The summed E-state index contributed by atoms with van der Waals surface area (Å²) in [6, 6.07) is 0. The first kappa shape index (κ1) is 13.6. The van der Waals surface area contributed by atoms with Gasteiger partial charge in [-0.15, -0.1) is 11.3 Å². The van der Waals surface area contributed by atoms with E-state index >= 15 is 0 Å². The molecule has 0 fully saturated rings. The molecular formula is C11H19N3O2S. The summed E-state index contributed by atoms with van der Waals surface area (Å²) in [5, 5.41) is 3.78. The van der Waals surface area contributed by atoms with Crippen molar-refractivity contribution in [2.24, 2.45) is 0 Å². The van der Waals surface area contributed by atoms with Crippen LogP contribution < -0.4 is 15.8 Å². The average Bonchev–Trinajstić information content (AvgIpc) is 2.54. The van der Waals surface area contributed by atoms with E-state index in [9.17, 15) is 4.79 Å². The number of hydrogen-bond acceptors (Lipinski definition) is 5. The van der Waals surface area contributed by atoms with E-state index in [1.165, 1.54) is 16.2 Å². The van der Waals surface area contributed by atoms with Crippen LogP contribution in [0.3, 0.4) is 0 Å². The summed E-state index contributed by atoms with van der Waals surface area (Å²) in [6.07, 6.45) is 0.0151. The number of carbonyl (C=O) groups is 1. The van der Waals surface area contributed by atoms with Crippen molar-refractivity contribution in [3.63, 3.8) is 0 Å². The highest BCUT2D eigenvalue weighted by Crippen LogP contribution is 2.43. The molecule has 0 saturated heterocycles. The van der Waals surface area contributed by atoms with Gasteiger partial charge < -0.3 is 20.7 Å². The zero-order chi connectivity index (χ0) is 13.2. The van der Waals surface area contributed by atoms with Crippen molar-refractivity contribution >= 4 is 27.9 Å². The monoisotopic (exact) mass is 257 g/mol. The van der Waals surface area contributed by atoms with Crippen LogP contribution in [0.1, 0.15) is 23.5 Å². The van der Waals surface area contributed by atoms with Gasteiger partial charge in [0.25, 0.3) is 5.91 Å². The van der Waals surface area contributed by atoms with Gasteiger partial charge in [-0.05, 0) is 13.8 Å². The lowest BCUT2D eigenvalue weighted by Gasteiger charge is -2.12. The number of nitrogens with two attached hydrogens (primary N) is 1. The second-order valence-electron chi connectivity index (χ2n) is 4.12. The Hall–Kier alpha value is -1.43. The highest BCUT2D eigenvalue weighted by molar-refractivity contribution is 7.19. The maximum absolute atomic E-state index is 11.9. The lowest BCUT2D eigenvalue weighted by Crippen LogP contribution is -2.21. The minimum Gasteiger partial charge on any atom is -0.486 e. The molecule has 0 unspecified atom stereocenters. The largest absolute Gasteiger partial charge is 0.486 e. The third-order valence-corrected chi connectivity index (χ3v) is 3.27. The van der Waals surface area contributed by atoms with Crippen molar-refractivity contribution in [3.05, 3.63) is 4.88 Å². The Bertz CT molecular complexity index is 413. The lowest BCUT2D eigenvalue weighted by atomic mass is 10.3. The van der Waals surface area contributed by atoms with E-state index in [4.69, 9.17) is 10.5 Å². The minimum absolute atomic E-state index is 0.0151. The van der Waals surface area contributed by atoms with Crippen molar-refractivity contribution < 1.29 is 9.53 Å². The summed E-state index contributed by atoms with van der Waals surface area (Å²) < 4.78 is 5.63. The number of hydrogen-bond donors (Lipinski definition) is 2. The van der Waals surface area contributed by atoms with Gasteiger partial charge in [-0.1, -0.05) is 0 Å². The van der Waals surface area contributed by atoms with Gasteiger partial charge in [0.05, 0.1) is 6.10 Å². The van der Waals surface area contributed by atoms with E-state index in [1.807, 2.05) is 13.8 Å². The quantitative estimate of drug-likeness (QED) is 0.864. The highest BCUT2D eigenvalue weighted by Gasteiger charge is 2.23. The molecule has 1 heterocycles. The molecule has 6 heteroatoms. The van der Waals surface area contributed by atoms with Crippen molar-refractivity contribution in [2.75, 3.05) is 32.2 Å². The van der Waals surface area contributed by atoms with Gasteiger partial charge in [0.2, 0.25) is 0 Å². The first-order valence-corrected chi connectivity index (χ1v) is 6.18. The molecule has 3 N–H and O–H groups in total. The van der Waals surface area contributed by atoms with Gasteiger partial charge in [-0.3, -0.25) is 4.79 Å². The van der Waals surface area contributed by atoms with Gasteiger partial charge in [0.15, 0.2) is 5.75 Å². The summed E-state index contributed by atoms with van der Waals surface area (Å²) in [5.74, 6) is 0.459. The number of nitrogens with zero attached hydrogens (tertiary/aromatic N) is 1. The third kappa shape index (κ3) is 2.82. The SMILES string of the molecule is CNc1sc(C(=O)N(C)C)c(N)c1OC(C)C. The number of ether oxygens (including phenoxy) is 1. The van der Waals surface area contributed by atoms with Crippen LogP contribution in [0.25, 0.3) is 0 Å². The normalized spacial score (nSPS) is 10.5. The molecule has 1 amide bonds. The maximum atomic E-state index is 11.9. The minimum atomic E-state index is -0.109. The van der Waals surface area contributed by atoms with Gasteiger partial charge in [-0.2, -0.15) is 0 Å². The smallest absolute Gasteiger partial charge is 0.265 e. The zero-order valence-electron chi connectivity index (χ0n) is 10.8. The molecule has 0 aliphatic rings. The van der Waals surface area contributed by atoms with E-state index in [1.54, 1.807) is 21.1 Å². The van der Waals surface area contributed by atoms with Gasteiger partial charge in [0.1, 0.15) is 15.6 Å². The number of thiophene rings is 1. The van der Waals surface area contributed by atoms with Crippen LogP contribution in [-0.4, -0.2) is 38.1 Å². The number of nitrogens with one attached hydrogen (secondary N) is 1. The topological polar surface area (TPSA) is 67.6 Å². The van der Waals surface area contributed by atoms with Gasteiger partial charge in [-0.25, -0.2) is 0 Å². The fourth-order valence-corrected chi connectivity index (χ4v) is 2.34. The second kappa shape index (κ2) is 5.27. The fraction of sp³-hybridized carbons (Fsp3) is 0.545. The molecule has 0 bridgehead atoms. The van der Waals surface area contributed by atoms with E-state index < -0.39 is 0 Å². The standard InChI is InChI=1S/C11H19N3O2S/c1-6(2)16-8-7(12)9(11(15)14(4)5)17-10(8)13-3/h6,13H,12H2,1-5H3. The van der Waals surface area contributed by atoms with E-state index in [-0.39, 0.29) is 12.0 Å². The van der Waals surface area contributed by atoms with Crippen molar-refractivity contribution in [1.82, 2.24) is 4.90 Å². The molecule has 1 aromatic heterocycles. The van der Waals surface area contributed by atoms with E-state index in [0.717, 1.165) is 5.00 Å². The Morgan fingerprint density at radius 3 is 2.47 bits per heavy atom. The molecule has 0 spiro atoms. The second-order valence-corrected chi connectivity index (χ2v) is 5.14. The predicted octanol–water partition coefficient (Wildman–Crippen LogP) is 1.86. The lowest BCUT2D eigenvalue weighted by molar-refractivity contribution is 0.0833. The number of nitrogen functional groups attached to an aromatic ring is 1. The maximum Gasteiger partial charge on any atom is 0.265 e. The number of amides is 1. The molecule has 1 aromatic rings. The Morgan fingerprint density at radius 1 is 1.47 bits per heavy atom. The van der Waals surface area contributed by atoms with Crippen LogP contribution in [0.5, 0.6) is 5.75 Å². The Morgan fingerprint density at radius 2 is 2.06 bits per heavy atom. The Kier molecular flexibility index (Phi) is 4.22. The molecule has 0 radical (unpaired) electrons. The third-order valence-electron chi connectivity index (χ3n) is 2.08. The molecular weight excluding hydrogens is 238 g/mol. The number of anilines is 2. The van der Waals surface area contributed by atoms with Crippen LogP contribution >= 0.6 is 11.3 Å². The Labute approximate surface area is 106 Å². The van der Waals surface area contributed by atoms with Gasteiger partial charge >= 0.3 is 0 Å². The summed E-state index contributed by atoms with van der Waals surface area (Å²) in [4.78, 5) is 13.9. The van der Waals surface area contributed by atoms with Crippen LogP contribution in [-0.2, 0) is 0 Å². The number of rotatable bonds is 4. The number of carbonyl (C=O) groups excluding carboxylic acids is 1. The Balaban J connectivity index is 3.18. The summed E-state index contributed by atoms with van der Waals surface area (Å²) in [5.41, 5.74) is 6.37. The molecule has 17 heavy (non-hydrogen) atoms. The van der Waals surface area contributed by atoms with Gasteiger partial charge in [0, 0.05) is 21.1 Å². The summed E-state index contributed by atoms with van der Waals surface area (Å²) in [6.45, 7) is 3.84. The van der Waals surface area contributed by atoms with Crippen molar-refractivity contribution in [2.45, 2.75) is 20.0 Å². The van der Waals surface area contributed by atoms with E-state index in [0.29, 0.717) is 16.3 Å². The van der Waals surface area contributed by atoms with Crippen LogP contribution in [0.2, 0.25) is 0 Å². The van der Waals surface area contributed by atoms with Crippen molar-refractivity contribution in [1.29, 1.82) is 0 Å². The fourth-order valence-electron chi connectivity index (χ4n) is 1.31. The predicted molar refractivity (Wildman–Crippen MR) is 72.1 cm³/mol. The highest BCUT2D eigenvalue weighted by atomic mass is 32.1. The summed E-state index contributed by atoms with van der Waals surface area (Å²) in [7, 11) is 5.18. The molecule has 0 aliphatic carbocycles. The van der Waals surface area contributed by atoms with Crippen molar-refractivity contribution in [3.8, 4) is 5.75 Å². The molecule has 0 aromatic carbocycles. The molecule has 0 atom stereocenters. The molecule has 96 valence electrons. The first-order valence-electron chi connectivity index (χ1n) is 5.36. The molecule has 5 nitrogen and oxygen atoms in total. The van der Waals surface area contributed by atoms with Crippen LogP contribution in [0.15, 0.2) is 0 Å². The zero-order valence-corrected chi connectivity index (χ0v) is 11.6. The van der Waals surface area contributed by atoms with Crippen LogP contribution in [0.4, 0.5) is 10.7 Å².